The van der Waals surface area contributed by atoms with E-state index < -0.39 is 0 Å². The first kappa shape index (κ1) is 10.8. The third-order valence-corrected chi connectivity index (χ3v) is 2.92. The van der Waals surface area contributed by atoms with Gasteiger partial charge in [0.2, 0.25) is 0 Å². The number of benzene rings is 1. The van der Waals surface area contributed by atoms with Crippen molar-refractivity contribution in [2.24, 2.45) is 0 Å². The summed E-state index contributed by atoms with van der Waals surface area (Å²) >= 11 is 0. The summed E-state index contributed by atoms with van der Waals surface area (Å²) in [5, 5.41) is 0. The molecule has 1 aromatic rings. The van der Waals surface area contributed by atoms with Gasteiger partial charge in [0.15, 0.2) is 11.6 Å². The van der Waals surface area contributed by atoms with Gasteiger partial charge in [-0.1, -0.05) is 35.9 Å². The first-order valence-corrected chi connectivity index (χ1v) is 5.53. The van der Waals surface area contributed by atoms with E-state index in [2.05, 4.69) is 0 Å². The molecule has 0 amide bonds. The van der Waals surface area contributed by atoms with Crippen LogP contribution in [0, 0.1) is 0 Å². The highest BCUT2D eigenvalue weighted by atomic mass is 16.1. The van der Waals surface area contributed by atoms with Crippen LogP contribution in [-0.4, -0.2) is 11.6 Å². The number of rotatable bonds is 2. The molecule has 0 radical (unpaired) electrons. The average molecular weight is 214 g/mol. The second kappa shape index (κ2) is 4.44. The number of carbonyl (C=O) groups excluding carboxylic acids is 2. The molecule has 1 aromatic carbocycles. The van der Waals surface area contributed by atoms with Crippen molar-refractivity contribution < 1.29 is 9.59 Å². The van der Waals surface area contributed by atoms with E-state index in [0.717, 1.165) is 18.4 Å². The predicted octanol–water partition coefficient (Wildman–Crippen LogP) is 2.94. The molecule has 0 saturated heterocycles. The van der Waals surface area contributed by atoms with E-state index in [-0.39, 0.29) is 11.6 Å². The largest absolute Gasteiger partial charge is 0.294 e. The smallest absolute Gasteiger partial charge is 0.196 e. The summed E-state index contributed by atoms with van der Waals surface area (Å²) in [7, 11) is 0. The van der Waals surface area contributed by atoms with Gasteiger partial charge >= 0.3 is 0 Å². The first-order chi connectivity index (χ1) is 7.70. The van der Waals surface area contributed by atoms with Crippen molar-refractivity contribution in [3.05, 3.63) is 47.0 Å². The minimum atomic E-state index is -0.122. The van der Waals surface area contributed by atoms with E-state index in [0.29, 0.717) is 17.6 Å². The number of hydrogen-bond donors (Lipinski definition) is 0. The molecule has 2 nitrogen and oxygen atoms in total. The number of Topliss-reactive ketones (excluding diaryl/α,β-unsaturated/α-hetero) is 2. The molecule has 0 N–H and O–H groups in total. The van der Waals surface area contributed by atoms with E-state index >= 15 is 0 Å². The lowest BCUT2D eigenvalue weighted by molar-refractivity contribution is -0.115. The van der Waals surface area contributed by atoms with Crippen molar-refractivity contribution in [3.63, 3.8) is 0 Å². The van der Waals surface area contributed by atoms with Crippen LogP contribution in [0.4, 0.5) is 0 Å². The Hall–Kier alpha value is -1.70. The predicted molar refractivity (Wildman–Crippen MR) is 62.3 cm³/mol. The normalized spacial score (nSPS) is 16.4. The fourth-order valence-electron chi connectivity index (χ4n) is 2.06. The zero-order valence-electron chi connectivity index (χ0n) is 9.32. The minimum Gasteiger partial charge on any atom is -0.294 e. The topological polar surface area (TPSA) is 34.1 Å². The van der Waals surface area contributed by atoms with Crippen LogP contribution in [0.3, 0.4) is 0 Å². The lowest BCUT2D eigenvalue weighted by Gasteiger charge is -2.15. The van der Waals surface area contributed by atoms with Crippen molar-refractivity contribution in [1.29, 1.82) is 0 Å². The van der Waals surface area contributed by atoms with Gasteiger partial charge in [-0.25, -0.2) is 0 Å². The fourth-order valence-corrected chi connectivity index (χ4v) is 2.06. The Morgan fingerprint density at radius 2 is 1.81 bits per heavy atom. The average Bonchev–Trinajstić information content (AvgIpc) is 2.30. The maximum absolute atomic E-state index is 12.1. The number of carbonyl (C=O) groups is 2. The second-order valence-electron chi connectivity index (χ2n) is 4.13. The van der Waals surface area contributed by atoms with Crippen LogP contribution < -0.4 is 0 Å². The molecule has 0 saturated carbocycles. The molecule has 0 aromatic heterocycles. The zero-order chi connectivity index (χ0) is 11.5. The molecular formula is C14H14O2. The van der Waals surface area contributed by atoms with Gasteiger partial charge in [0.05, 0.1) is 5.57 Å². The Kier molecular flexibility index (Phi) is 3.00. The quantitative estimate of drug-likeness (QED) is 0.560. The number of ketones is 2. The Morgan fingerprint density at radius 3 is 2.44 bits per heavy atom. The Balaban J connectivity index is 2.38. The number of hydrogen-bond acceptors (Lipinski definition) is 2. The van der Waals surface area contributed by atoms with Gasteiger partial charge in [0.1, 0.15) is 0 Å². The van der Waals surface area contributed by atoms with Crippen LogP contribution in [0.1, 0.15) is 36.5 Å². The van der Waals surface area contributed by atoms with Crippen molar-refractivity contribution >= 4 is 11.6 Å². The van der Waals surface area contributed by atoms with Gasteiger partial charge in [0, 0.05) is 12.0 Å². The van der Waals surface area contributed by atoms with Gasteiger partial charge in [-0.05, 0) is 19.8 Å². The van der Waals surface area contributed by atoms with Crippen LogP contribution >= 0.6 is 0 Å². The van der Waals surface area contributed by atoms with Gasteiger partial charge in [0.25, 0.3) is 0 Å². The minimum absolute atomic E-state index is 0.00222. The van der Waals surface area contributed by atoms with E-state index in [1.54, 1.807) is 12.1 Å². The van der Waals surface area contributed by atoms with Crippen molar-refractivity contribution in [3.8, 4) is 0 Å². The Bertz CT molecular complexity index is 455. The summed E-state index contributed by atoms with van der Waals surface area (Å²) in [6, 6.07) is 9.00. The Labute approximate surface area is 95.0 Å². The van der Waals surface area contributed by atoms with E-state index in [1.165, 1.54) is 0 Å². The SMILES string of the molecule is CC1=C(C(=O)c2ccccc2)C(=O)CCC1. The van der Waals surface area contributed by atoms with Crippen molar-refractivity contribution in [1.82, 2.24) is 0 Å². The molecule has 1 aliphatic rings. The highest BCUT2D eigenvalue weighted by molar-refractivity contribution is 6.27. The summed E-state index contributed by atoms with van der Waals surface area (Å²) in [4.78, 5) is 23.9. The molecule has 0 unspecified atom stereocenters. The van der Waals surface area contributed by atoms with Crippen LogP contribution in [0.5, 0.6) is 0 Å². The molecule has 2 rings (SSSR count). The standard InChI is InChI=1S/C14H14O2/c1-10-6-5-9-12(15)13(10)14(16)11-7-3-2-4-8-11/h2-4,7-8H,5-6,9H2,1H3. The molecule has 0 spiro atoms. The maximum atomic E-state index is 12.1. The summed E-state index contributed by atoms with van der Waals surface area (Å²) in [5.74, 6) is -0.125. The first-order valence-electron chi connectivity index (χ1n) is 5.53. The van der Waals surface area contributed by atoms with Gasteiger partial charge in [-0.2, -0.15) is 0 Å². The molecule has 1 aliphatic carbocycles. The third kappa shape index (κ3) is 1.96. The van der Waals surface area contributed by atoms with Gasteiger partial charge < -0.3 is 0 Å². The second-order valence-corrected chi connectivity index (χ2v) is 4.13. The third-order valence-electron chi connectivity index (χ3n) is 2.92. The van der Waals surface area contributed by atoms with Gasteiger partial charge in [-0.3, -0.25) is 9.59 Å². The van der Waals surface area contributed by atoms with E-state index in [9.17, 15) is 9.59 Å². The summed E-state index contributed by atoms with van der Waals surface area (Å²) < 4.78 is 0. The maximum Gasteiger partial charge on any atom is 0.196 e. The molecule has 0 aliphatic heterocycles. The van der Waals surface area contributed by atoms with E-state index in [4.69, 9.17) is 0 Å². The molecular weight excluding hydrogens is 200 g/mol. The van der Waals surface area contributed by atoms with Crippen molar-refractivity contribution in [2.45, 2.75) is 26.2 Å². The lowest BCUT2D eigenvalue weighted by Crippen LogP contribution is -2.18. The molecule has 0 fully saturated rings. The molecule has 0 atom stereocenters. The molecule has 0 bridgehead atoms. The lowest BCUT2D eigenvalue weighted by atomic mass is 9.87. The van der Waals surface area contributed by atoms with Gasteiger partial charge in [-0.15, -0.1) is 0 Å². The zero-order valence-corrected chi connectivity index (χ0v) is 9.32. The van der Waals surface area contributed by atoms with Crippen LogP contribution in [0.15, 0.2) is 41.5 Å². The molecule has 16 heavy (non-hydrogen) atoms. The van der Waals surface area contributed by atoms with Crippen LogP contribution in [0.25, 0.3) is 0 Å². The van der Waals surface area contributed by atoms with E-state index in [1.807, 2.05) is 25.1 Å². The summed E-state index contributed by atoms with van der Waals surface area (Å²) in [6.07, 6.45) is 2.24. The molecule has 82 valence electrons. The number of allylic oxidation sites excluding steroid dienone is 2. The summed E-state index contributed by atoms with van der Waals surface area (Å²) in [6.45, 7) is 1.88. The highest BCUT2D eigenvalue weighted by Crippen LogP contribution is 2.24. The Morgan fingerprint density at radius 1 is 1.12 bits per heavy atom. The molecule has 2 heteroatoms. The summed E-state index contributed by atoms with van der Waals surface area (Å²) in [5.41, 5.74) is 1.95. The molecule has 0 heterocycles. The van der Waals surface area contributed by atoms with Crippen LogP contribution in [0.2, 0.25) is 0 Å². The highest BCUT2D eigenvalue weighted by Gasteiger charge is 2.24. The monoisotopic (exact) mass is 214 g/mol. The van der Waals surface area contributed by atoms with Crippen molar-refractivity contribution in [2.75, 3.05) is 0 Å². The van der Waals surface area contributed by atoms with Crippen LogP contribution in [-0.2, 0) is 4.79 Å². The fraction of sp³-hybridized carbons (Fsp3) is 0.286.